The molecule has 1 aromatic heterocycles. The molecule has 1 heterocycles. The second-order valence-corrected chi connectivity index (χ2v) is 5.29. The average molecular weight is 236 g/mol. The van der Waals surface area contributed by atoms with Crippen molar-refractivity contribution < 1.29 is 5.11 Å². The van der Waals surface area contributed by atoms with Crippen LogP contribution in [0.3, 0.4) is 0 Å². The van der Waals surface area contributed by atoms with E-state index in [4.69, 9.17) is 0 Å². The maximum absolute atomic E-state index is 10.2. The van der Waals surface area contributed by atoms with Gasteiger partial charge in [-0.25, -0.2) is 0 Å². The normalized spacial score (nSPS) is 18.7. The van der Waals surface area contributed by atoms with Gasteiger partial charge in [0.05, 0.1) is 5.60 Å². The van der Waals surface area contributed by atoms with Crippen LogP contribution in [0.25, 0.3) is 0 Å². The number of hydrogen-bond donors (Lipinski definition) is 2. The van der Waals surface area contributed by atoms with Crippen LogP contribution in [0.2, 0.25) is 0 Å². The molecule has 0 aliphatic heterocycles. The van der Waals surface area contributed by atoms with Crippen LogP contribution in [0.4, 0.5) is 0 Å². The summed E-state index contributed by atoms with van der Waals surface area (Å²) in [5, 5.41) is 13.6. The smallest absolute Gasteiger partial charge is 0.0771 e. The molecule has 3 nitrogen and oxygen atoms in total. The van der Waals surface area contributed by atoms with E-state index < -0.39 is 5.60 Å². The third-order valence-electron chi connectivity index (χ3n) is 3.61. The number of aliphatic hydroxyl groups is 1. The molecule has 3 heteroatoms. The molecule has 1 fully saturated rings. The molecule has 0 bridgehead atoms. The summed E-state index contributed by atoms with van der Waals surface area (Å²) in [6.45, 7) is 4.86. The number of rotatable bonds is 6. The Hall–Kier alpha value is -0.800. The lowest BCUT2D eigenvalue weighted by atomic mass is 10.0. The summed E-state index contributed by atoms with van der Waals surface area (Å²) in [6.07, 6.45) is 9.74. The second-order valence-electron chi connectivity index (χ2n) is 5.29. The molecule has 2 N–H and O–H groups in total. The highest BCUT2D eigenvalue weighted by Gasteiger charge is 2.30. The number of hydrogen-bond acceptors (Lipinski definition) is 2. The Balaban J connectivity index is 1.73. The summed E-state index contributed by atoms with van der Waals surface area (Å²) in [5.74, 6) is 0. The Morgan fingerprint density at radius 1 is 1.41 bits per heavy atom. The van der Waals surface area contributed by atoms with Gasteiger partial charge in [-0.1, -0.05) is 19.8 Å². The molecule has 0 aromatic carbocycles. The molecule has 0 spiro atoms. The van der Waals surface area contributed by atoms with Crippen molar-refractivity contribution in [3.8, 4) is 0 Å². The number of aryl methyl sites for hydroxylation is 1. The maximum atomic E-state index is 10.2. The van der Waals surface area contributed by atoms with E-state index >= 15 is 0 Å². The van der Waals surface area contributed by atoms with E-state index in [0.29, 0.717) is 0 Å². The first kappa shape index (κ1) is 12.7. The minimum Gasteiger partial charge on any atom is -0.389 e. The highest BCUT2D eigenvalue weighted by molar-refractivity contribution is 5.10. The quantitative estimate of drug-likeness (QED) is 0.795. The molecule has 0 radical (unpaired) electrons. The predicted octanol–water partition coefficient (Wildman–Crippen LogP) is 2.29. The number of nitrogens with zero attached hydrogens (tertiary/aromatic N) is 1. The van der Waals surface area contributed by atoms with Gasteiger partial charge in [0, 0.05) is 32.0 Å². The van der Waals surface area contributed by atoms with E-state index in [2.05, 4.69) is 35.3 Å². The number of aromatic nitrogens is 1. The van der Waals surface area contributed by atoms with Crippen molar-refractivity contribution in [1.82, 2.24) is 9.88 Å². The van der Waals surface area contributed by atoms with Crippen molar-refractivity contribution in [2.75, 3.05) is 6.54 Å². The average Bonchev–Trinajstić information content (AvgIpc) is 2.90. The summed E-state index contributed by atoms with van der Waals surface area (Å²) in [6, 6.07) is 2.15. The zero-order valence-electron chi connectivity index (χ0n) is 10.8. The molecule has 1 aliphatic rings. The van der Waals surface area contributed by atoms with Gasteiger partial charge in [0.2, 0.25) is 0 Å². The van der Waals surface area contributed by atoms with Gasteiger partial charge in [0.25, 0.3) is 0 Å². The molecule has 0 amide bonds. The zero-order chi connectivity index (χ0) is 12.1. The first-order chi connectivity index (χ1) is 8.22. The van der Waals surface area contributed by atoms with Gasteiger partial charge < -0.3 is 15.0 Å². The van der Waals surface area contributed by atoms with Gasteiger partial charge in [-0.15, -0.1) is 0 Å². The van der Waals surface area contributed by atoms with E-state index in [1.165, 1.54) is 24.8 Å². The molecular formula is C14H24N2O. The van der Waals surface area contributed by atoms with Crippen LogP contribution >= 0.6 is 0 Å². The summed E-state index contributed by atoms with van der Waals surface area (Å²) in [4.78, 5) is 0. The SMILES string of the molecule is CCCn1ccc(CNCC2(O)CCCC2)c1. The van der Waals surface area contributed by atoms with Gasteiger partial charge in [-0.05, 0) is 30.9 Å². The Bertz CT molecular complexity index is 340. The highest BCUT2D eigenvalue weighted by atomic mass is 16.3. The van der Waals surface area contributed by atoms with Crippen LogP contribution in [-0.2, 0) is 13.1 Å². The molecular weight excluding hydrogens is 212 g/mol. The van der Waals surface area contributed by atoms with E-state index in [1.807, 2.05) is 0 Å². The fourth-order valence-corrected chi connectivity index (χ4v) is 2.64. The minimum absolute atomic E-state index is 0.439. The Morgan fingerprint density at radius 3 is 2.88 bits per heavy atom. The molecule has 0 saturated heterocycles. The number of nitrogens with one attached hydrogen (secondary N) is 1. The van der Waals surface area contributed by atoms with Crippen LogP contribution in [-0.4, -0.2) is 21.8 Å². The van der Waals surface area contributed by atoms with Crippen molar-refractivity contribution >= 4 is 0 Å². The Labute approximate surface area is 104 Å². The molecule has 0 atom stereocenters. The Kier molecular flexibility index (Phi) is 4.24. The van der Waals surface area contributed by atoms with Crippen molar-refractivity contribution in [1.29, 1.82) is 0 Å². The van der Waals surface area contributed by atoms with E-state index in [1.54, 1.807) is 0 Å². The molecule has 2 rings (SSSR count). The third kappa shape index (κ3) is 3.58. The molecule has 1 aromatic rings. The van der Waals surface area contributed by atoms with Gasteiger partial charge in [0.1, 0.15) is 0 Å². The maximum Gasteiger partial charge on any atom is 0.0771 e. The molecule has 1 aliphatic carbocycles. The van der Waals surface area contributed by atoms with E-state index in [9.17, 15) is 5.11 Å². The van der Waals surface area contributed by atoms with E-state index in [0.717, 1.165) is 32.5 Å². The Morgan fingerprint density at radius 2 is 2.18 bits per heavy atom. The fraction of sp³-hybridized carbons (Fsp3) is 0.714. The molecule has 0 unspecified atom stereocenters. The first-order valence-electron chi connectivity index (χ1n) is 6.80. The third-order valence-corrected chi connectivity index (χ3v) is 3.61. The van der Waals surface area contributed by atoms with Crippen LogP contribution in [0, 0.1) is 0 Å². The topological polar surface area (TPSA) is 37.2 Å². The van der Waals surface area contributed by atoms with Crippen molar-refractivity contribution in [2.45, 2.75) is 57.7 Å². The van der Waals surface area contributed by atoms with Gasteiger partial charge >= 0.3 is 0 Å². The van der Waals surface area contributed by atoms with Gasteiger partial charge in [0.15, 0.2) is 0 Å². The molecule has 96 valence electrons. The van der Waals surface area contributed by atoms with Crippen LogP contribution < -0.4 is 5.32 Å². The van der Waals surface area contributed by atoms with Crippen LogP contribution in [0.5, 0.6) is 0 Å². The minimum atomic E-state index is -0.439. The summed E-state index contributed by atoms with van der Waals surface area (Å²) >= 11 is 0. The van der Waals surface area contributed by atoms with Crippen LogP contribution in [0.1, 0.15) is 44.6 Å². The van der Waals surface area contributed by atoms with Gasteiger partial charge in [-0.2, -0.15) is 0 Å². The fourth-order valence-electron chi connectivity index (χ4n) is 2.64. The monoisotopic (exact) mass is 236 g/mol. The zero-order valence-corrected chi connectivity index (χ0v) is 10.8. The lowest BCUT2D eigenvalue weighted by Gasteiger charge is -2.22. The largest absolute Gasteiger partial charge is 0.389 e. The lowest BCUT2D eigenvalue weighted by molar-refractivity contribution is 0.0475. The molecule has 1 saturated carbocycles. The predicted molar refractivity (Wildman–Crippen MR) is 69.8 cm³/mol. The van der Waals surface area contributed by atoms with Crippen LogP contribution in [0.15, 0.2) is 18.5 Å². The van der Waals surface area contributed by atoms with Crippen molar-refractivity contribution in [3.05, 3.63) is 24.0 Å². The summed E-state index contributed by atoms with van der Waals surface area (Å²) in [7, 11) is 0. The standard InChI is InChI=1S/C14H24N2O/c1-2-8-16-9-5-13(11-16)10-15-12-14(17)6-3-4-7-14/h5,9,11,15,17H,2-4,6-8,10,12H2,1H3. The summed E-state index contributed by atoms with van der Waals surface area (Å²) < 4.78 is 2.22. The lowest BCUT2D eigenvalue weighted by Crippen LogP contribution is -2.37. The second kappa shape index (κ2) is 5.69. The van der Waals surface area contributed by atoms with Crippen molar-refractivity contribution in [2.24, 2.45) is 0 Å². The van der Waals surface area contributed by atoms with Crippen molar-refractivity contribution in [3.63, 3.8) is 0 Å². The van der Waals surface area contributed by atoms with Gasteiger partial charge in [-0.3, -0.25) is 0 Å². The summed E-state index contributed by atoms with van der Waals surface area (Å²) in [5.41, 5.74) is 0.867. The highest BCUT2D eigenvalue weighted by Crippen LogP contribution is 2.28. The van der Waals surface area contributed by atoms with E-state index in [-0.39, 0.29) is 0 Å². The molecule has 17 heavy (non-hydrogen) atoms. The first-order valence-corrected chi connectivity index (χ1v) is 6.80.